The molecule has 0 aliphatic rings. The van der Waals surface area contributed by atoms with E-state index in [0.29, 0.717) is 12.4 Å². The van der Waals surface area contributed by atoms with Crippen molar-refractivity contribution in [2.24, 2.45) is 0 Å². The fourth-order valence-corrected chi connectivity index (χ4v) is 1.99. The van der Waals surface area contributed by atoms with Crippen LogP contribution in [0, 0.1) is 24.0 Å². The van der Waals surface area contributed by atoms with Crippen LogP contribution in [0.3, 0.4) is 0 Å². The molecule has 2 aromatic rings. The summed E-state index contributed by atoms with van der Waals surface area (Å²) in [7, 11) is 1.86. The lowest BCUT2D eigenvalue weighted by Gasteiger charge is -2.10. The number of nitrogens with one attached hydrogen (secondary N) is 1. The van der Waals surface area contributed by atoms with Gasteiger partial charge in [0, 0.05) is 24.4 Å². The van der Waals surface area contributed by atoms with E-state index in [-0.39, 0.29) is 11.4 Å². The third-order valence-electron chi connectivity index (χ3n) is 2.99. The van der Waals surface area contributed by atoms with Gasteiger partial charge < -0.3 is 10.1 Å². The Kier molecular flexibility index (Phi) is 4.49. The smallest absolute Gasteiger partial charge is 0.311 e. The molecular formula is C15H17N3O3. The molecule has 6 nitrogen and oxygen atoms in total. The van der Waals surface area contributed by atoms with Gasteiger partial charge in [-0.2, -0.15) is 0 Å². The highest BCUT2D eigenvalue weighted by Gasteiger charge is 2.17. The fourth-order valence-electron chi connectivity index (χ4n) is 1.99. The molecule has 0 saturated carbocycles. The Bertz CT molecular complexity index is 671. The van der Waals surface area contributed by atoms with Gasteiger partial charge in [0.1, 0.15) is 0 Å². The van der Waals surface area contributed by atoms with E-state index in [2.05, 4.69) is 10.3 Å². The number of aromatic nitrogens is 1. The van der Waals surface area contributed by atoms with Crippen molar-refractivity contribution in [1.29, 1.82) is 0 Å². The third-order valence-corrected chi connectivity index (χ3v) is 2.99. The number of aryl methyl sites for hydroxylation is 2. The Hall–Kier alpha value is -2.47. The largest absolute Gasteiger partial charge is 0.432 e. The van der Waals surface area contributed by atoms with Gasteiger partial charge in [-0.15, -0.1) is 0 Å². The number of hydrogen-bond acceptors (Lipinski definition) is 5. The van der Waals surface area contributed by atoms with Crippen molar-refractivity contribution in [2.75, 3.05) is 7.05 Å². The highest BCUT2D eigenvalue weighted by atomic mass is 16.6. The SMILES string of the molecule is CNCc1cnc(Oc2cc(C)ccc2[N+](=O)[O-])c(C)c1. The first-order valence-electron chi connectivity index (χ1n) is 6.54. The van der Waals surface area contributed by atoms with Crippen molar-refractivity contribution in [3.05, 3.63) is 57.3 Å². The van der Waals surface area contributed by atoms with Gasteiger partial charge in [0.05, 0.1) is 4.92 Å². The summed E-state index contributed by atoms with van der Waals surface area (Å²) in [5, 5.41) is 14.1. The van der Waals surface area contributed by atoms with E-state index in [1.165, 1.54) is 6.07 Å². The van der Waals surface area contributed by atoms with Crippen LogP contribution >= 0.6 is 0 Å². The quantitative estimate of drug-likeness (QED) is 0.675. The van der Waals surface area contributed by atoms with E-state index in [9.17, 15) is 10.1 Å². The standard InChI is InChI=1S/C15H17N3O3/c1-10-4-5-13(18(19)20)14(6-10)21-15-11(2)7-12(8-16-3)9-17-15/h4-7,9,16H,8H2,1-3H3. The Morgan fingerprint density at radius 2 is 2.10 bits per heavy atom. The molecule has 0 fully saturated rings. The van der Waals surface area contributed by atoms with Crippen LogP contribution in [0.1, 0.15) is 16.7 Å². The second-order valence-corrected chi connectivity index (χ2v) is 4.83. The molecule has 1 N–H and O–H groups in total. The number of nitro benzene ring substituents is 1. The highest BCUT2D eigenvalue weighted by Crippen LogP contribution is 2.32. The molecule has 0 amide bonds. The Morgan fingerprint density at radius 1 is 1.33 bits per heavy atom. The molecule has 21 heavy (non-hydrogen) atoms. The van der Waals surface area contributed by atoms with Crippen LogP contribution in [0.15, 0.2) is 30.5 Å². The molecule has 0 unspecified atom stereocenters. The Labute approximate surface area is 122 Å². The molecule has 0 aliphatic carbocycles. The first-order valence-corrected chi connectivity index (χ1v) is 6.54. The van der Waals surface area contributed by atoms with Crippen LogP contribution in [0.4, 0.5) is 5.69 Å². The van der Waals surface area contributed by atoms with E-state index >= 15 is 0 Å². The van der Waals surface area contributed by atoms with Crippen molar-refractivity contribution in [3.63, 3.8) is 0 Å². The monoisotopic (exact) mass is 287 g/mol. The predicted octanol–water partition coefficient (Wildman–Crippen LogP) is 3.12. The highest BCUT2D eigenvalue weighted by molar-refractivity contribution is 5.50. The summed E-state index contributed by atoms with van der Waals surface area (Å²) in [4.78, 5) is 14.8. The second-order valence-electron chi connectivity index (χ2n) is 4.83. The summed E-state index contributed by atoms with van der Waals surface area (Å²) in [5.74, 6) is 0.584. The lowest BCUT2D eigenvalue weighted by molar-refractivity contribution is -0.385. The molecular weight excluding hydrogens is 270 g/mol. The van der Waals surface area contributed by atoms with Crippen LogP contribution < -0.4 is 10.1 Å². The number of nitro groups is 1. The molecule has 0 saturated heterocycles. The normalized spacial score (nSPS) is 10.4. The second kappa shape index (κ2) is 6.32. The van der Waals surface area contributed by atoms with Crippen LogP contribution in [-0.2, 0) is 6.54 Å². The number of rotatable bonds is 5. The summed E-state index contributed by atoms with van der Waals surface area (Å²) in [6, 6.07) is 6.71. The topological polar surface area (TPSA) is 77.3 Å². The molecule has 0 bridgehead atoms. The lowest BCUT2D eigenvalue weighted by atomic mass is 10.2. The van der Waals surface area contributed by atoms with Gasteiger partial charge in [0.2, 0.25) is 11.6 Å². The average Bonchev–Trinajstić information content (AvgIpc) is 2.42. The molecule has 0 spiro atoms. The maximum atomic E-state index is 11.0. The number of benzene rings is 1. The molecule has 1 aromatic heterocycles. The van der Waals surface area contributed by atoms with Gasteiger partial charge in [-0.05, 0) is 44.2 Å². The molecule has 0 radical (unpaired) electrons. The van der Waals surface area contributed by atoms with E-state index in [1.54, 1.807) is 18.3 Å². The van der Waals surface area contributed by atoms with Crippen LogP contribution in [0.2, 0.25) is 0 Å². The Balaban J connectivity index is 2.34. The molecule has 110 valence electrons. The van der Waals surface area contributed by atoms with Crippen molar-refractivity contribution in [2.45, 2.75) is 20.4 Å². The molecule has 2 rings (SSSR count). The minimum atomic E-state index is -0.459. The summed E-state index contributed by atoms with van der Waals surface area (Å²) in [6.07, 6.45) is 1.69. The van der Waals surface area contributed by atoms with E-state index in [4.69, 9.17) is 4.74 Å². The van der Waals surface area contributed by atoms with Crippen LogP contribution in [0.5, 0.6) is 11.6 Å². The Morgan fingerprint density at radius 3 is 2.71 bits per heavy atom. The molecule has 0 aliphatic heterocycles. The third kappa shape index (κ3) is 3.55. The van der Waals surface area contributed by atoms with Crippen LogP contribution in [0.25, 0.3) is 0 Å². The van der Waals surface area contributed by atoms with E-state index in [0.717, 1.165) is 16.7 Å². The number of pyridine rings is 1. The van der Waals surface area contributed by atoms with Crippen molar-refractivity contribution < 1.29 is 9.66 Å². The summed E-state index contributed by atoms with van der Waals surface area (Å²) in [6.45, 7) is 4.43. The number of hydrogen-bond donors (Lipinski definition) is 1. The average molecular weight is 287 g/mol. The molecule has 0 atom stereocenters. The van der Waals surface area contributed by atoms with Crippen molar-refractivity contribution in [3.8, 4) is 11.6 Å². The first kappa shape index (κ1) is 14.9. The van der Waals surface area contributed by atoms with Gasteiger partial charge in [-0.3, -0.25) is 10.1 Å². The molecule has 1 heterocycles. The van der Waals surface area contributed by atoms with Gasteiger partial charge in [-0.25, -0.2) is 4.98 Å². The van der Waals surface area contributed by atoms with Crippen molar-refractivity contribution >= 4 is 5.69 Å². The van der Waals surface area contributed by atoms with E-state index in [1.807, 2.05) is 27.0 Å². The predicted molar refractivity (Wildman–Crippen MR) is 79.6 cm³/mol. The number of ether oxygens (including phenoxy) is 1. The van der Waals surface area contributed by atoms with Gasteiger partial charge >= 0.3 is 5.69 Å². The fraction of sp³-hybridized carbons (Fsp3) is 0.267. The summed E-state index contributed by atoms with van der Waals surface area (Å²) < 4.78 is 5.64. The zero-order valence-corrected chi connectivity index (χ0v) is 12.2. The summed E-state index contributed by atoms with van der Waals surface area (Å²) in [5.41, 5.74) is 2.68. The van der Waals surface area contributed by atoms with Crippen LogP contribution in [-0.4, -0.2) is 17.0 Å². The zero-order valence-electron chi connectivity index (χ0n) is 12.2. The van der Waals surface area contributed by atoms with E-state index < -0.39 is 4.92 Å². The first-order chi connectivity index (χ1) is 10.0. The summed E-state index contributed by atoms with van der Waals surface area (Å²) >= 11 is 0. The maximum absolute atomic E-state index is 11.0. The maximum Gasteiger partial charge on any atom is 0.311 e. The van der Waals surface area contributed by atoms with Gasteiger partial charge in [0.25, 0.3) is 0 Å². The van der Waals surface area contributed by atoms with Gasteiger partial charge in [-0.1, -0.05) is 6.07 Å². The minimum absolute atomic E-state index is 0.0684. The number of nitrogens with zero attached hydrogens (tertiary/aromatic N) is 2. The van der Waals surface area contributed by atoms with Crippen molar-refractivity contribution in [1.82, 2.24) is 10.3 Å². The molecule has 1 aromatic carbocycles. The lowest BCUT2D eigenvalue weighted by Crippen LogP contribution is -2.06. The zero-order chi connectivity index (χ0) is 15.4. The molecule has 6 heteroatoms. The minimum Gasteiger partial charge on any atom is -0.432 e. The van der Waals surface area contributed by atoms with Gasteiger partial charge in [0.15, 0.2) is 0 Å².